The third-order valence-corrected chi connectivity index (χ3v) is 4.68. The molecule has 0 spiro atoms. The molecular weight excluding hydrogens is 356 g/mol. The van der Waals surface area contributed by atoms with Gasteiger partial charge >= 0.3 is 0 Å². The minimum absolute atomic E-state index is 0.188. The Labute approximate surface area is 164 Å². The lowest BCUT2D eigenvalue weighted by Gasteiger charge is -2.23. The van der Waals surface area contributed by atoms with E-state index in [4.69, 9.17) is 14.2 Å². The van der Waals surface area contributed by atoms with Gasteiger partial charge in [0.1, 0.15) is 5.75 Å². The number of nitrogens with one attached hydrogen (secondary N) is 2. The van der Waals surface area contributed by atoms with Crippen LogP contribution >= 0.6 is 0 Å². The Balaban J connectivity index is 1.54. The monoisotopic (exact) mass is 380 g/mol. The summed E-state index contributed by atoms with van der Waals surface area (Å²) in [6, 6.07) is 11.3. The van der Waals surface area contributed by atoms with Gasteiger partial charge in [0.25, 0.3) is 0 Å². The lowest BCUT2D eigenvalue weighted by molar-refractivity contribution is -0.111. The van der Waals surface area contributed by atoms with Crippen LogP contribution in [-0.4, -0.2) is 32.3 Å². The quantitative estimate of drug-likeness (QED) is 0.796. The zero-order valence-corrected chi connectivity index (χ0v) is 15.9. The molecule has 2 aliphatic rings. The van der Waals surface area contributed by atoms with E-state index in [1.54, 1.807) is 6.08 Å². The van der Waals surface area contributed by atoms with E-state index >= 15 is 0 Å². The van der Waals surface area contributed by atoms with Crippen LogP contribution in [-0.2, 0) is 11.2 Å². The molecule has 0 aliphatic carbocycles. The maximum absolute atomic E-state index is 12.5. The Morgan fingerprint density at radius 2 is 1.93 bits per heavy atom. The first-order chi connectivity index (χ1) is 13.7. The largest absolute Gasteiger partial charge is 0.494 e. The summed E-state index contributed by atoms with van der Waals surface area (Å²) in [5.74, 6) is 2.12. The second-order valence-electron chi connectivity index (χ2n) is 6.69. The van der Waals surface area contributed by atoms with E-state index in [9.17, 15) is 4.79 Å². The summed E-state index contributed by atoms with van der Waals surface area (Å²) < 4.78 is 17.0. The molecule has 4 rings (SSSR count). The number of ether oxygens (including phenoxy) is 3. The van der Waals surface area contributed by atoms with Gasteiger partial charge in [-0.3, -0.25) is 4.79 Å². The van der Waals surface area contributed by atoms with Crippen molar-refractivity contribution in [2.24, 2.45) is 0 Å². The first-order valence-electron chi connectivity index (χ1n) is 9.65. The van der Waals surface area contributed by atoms with E-state index in [0.717, 1.165) is 59.1 Å². The Morgan fingerprint density at radius 3 is 2.68 bits per heavy atom. The highest BCUT2D eigenvalue weighted by molar-refractivity contribution is 6.04. The summed E-state index contributed by atoms with van der Waals surface area (Å²) in [7, 11) is 0. The standard InChI is InChI=1S/C22H24N2O4/c1-2-26-17-6-4-16(5-7-17)24-22(25)14-19-18-13-21-20(27-10-3-11-28-21)12-15(18)8-9-23-19/h4-7,12-14,23H,2-3,8-11H2,1H3,(H,24,25)/b19-14-. The number of hydrogen-bond donors (Lipinski definition) is 2. The Kier molecular flexibility index (Phi) is 5.37. The number of fused-ring (bicyclic) bond motifs is 2. The van der Waals surface area contributed by atoms with E-state index in [1.807, 2.05) is 43.3 Å². The molecule has 1 amide bonds. The van der Waals surface area contributed by atoms with Gasteiger partial charge in [-0.15, -0.1) is 0 Å². The van der Waals surface area contributed by atoms with Crippen molar-refractivity contribution in [2.45, 2.75) is 19.8 Å². The number of benzene rings is 2. The van der Waals surface area contributed by atoms with E-state index < -0.39 is 0 Å². The highest BCUT2D eigenvalue weighted by atomic mass is 16.5. The van der Waals surface area contributed by atoms with E-state index in [0.29, 0.717) is 19.8 Å². The van der Waals surface area contributed by atoms with E-state index in [-0.39, 0.29) is 5.91 Å². The summed E-state index contributed by atoms with van der Waals surface area (Å²) in [5, 5.41) is 6.22. The molecule has 2 aromatic carbocycles. The molecule has 0 aromatic heterocycles. The van der Waals surface area contributed by atoms with Gasteiger partial charge in [0.05, 0.1) is 19.8 Å². The first kappa shape index (κ1) is 18.2. The van der Waals surface area contributed by atoms with Crippen LogP contribution in [0.25, 0.3) is 5.70 Å². The van der Waals surface area contributed by atoms with Gasteiger partial charge in [-0.25, -0.2) is 0 Å². The minimum Gasteiger partial charge on any atom is -0.494 e. The third kappa shape index (κ3) is 4.06. The number of rotatable bonds is 4. The lowest BCUT2D eigenvalue weighted by Crippen LogP contribution is -2.24. The molecule has 0 atom stereocenters. The Hall–Kier alpha value is -3.15. The van der Waals surface area contributed by atoms with Crippen LogP contribution in [0.2, 0.25) is 0 Å². The lowest BCUT2D eigenvalue weighted by atomic mass is 9.96. The van der Waals surface area contributed by atoms with Crippen molar-refractivity contribution < 1.29 is 19.0 Å². The smallest absolute Gasteiger partial charge is 0.250 e. The van der Waals surface area contributed by atoms with Crippen LogP contribution in [0.5, 0.6) is 17.2 Å². The van der Waals surface area contributed by atoms with Crippen LogP contribution in [0.1, 0.15) is 24.5 Å². The van der Waals surface area contributed by atoms with Crippen molar-refractivity contribution >= 4 is 17.3 Å². The molecule has 2 aliphatic heterocycles. The summed E-state index contributed by atoms with van der Waals surface area (Å²) in [4.78, 5) is 12.5. The molecule has 6 nitrogen and oxygen atoms in total. The van der Waals surface area contributed by atoms with Gasteiger partial charge in [0, 0.05) is 36.0 Å². The summed E-state index contributed by atoms with van der Waals surface area (Å²) in [6.07, 6.45) is 3.34. The van der Waals surface area contributed by atoms with Crippen LogP contribution in [0.3, 0.4) is 0 Å². The van der Waals surface area contributed by atoms with Crippen molar-refractivity contribution in [1.82, 2.24) is 5.32 Å². The van der Waals surface area contributed by atoms with Crippen molar-refractivity contribution in [2.75, 3.05) is 31.7 Å². The number of carbonyl (C=O) groups excluding carboxylic acids is 1. The fourth-order valence-corrected chi connectivity index (χ4v) is 3.37. The van der Waals surface area contributed by atoms with Crippen molar-refractivity contribution in [3.8, 4) is 17.2 Å². The summed E-state index contributed by atoms with van der Waals surface area (Å²) in [5.41, 5.74) is 3.65. The van der Waals surface area contributed by atoms with Crippen LogP contribution < -0.4 is 24.8 Å². The van der Waals surface area contributed by atoms with Gasteiger partial charge in [-0.2, -0.15) is 0 Å². The molecule has 0 radical (unpaired) electrons. The predicted octanol–water partition coefficient (Wildman–Crippen LogP) is 3.37. The SMILES string of the molecule is CCOc1ccc(NC(=O)/C=C2\NCCc3cc4c(cc32)OCCCO4)cc1. The molecular formula is C22H24N2O4. The van der Waals surface area contributed by atoms with Crippen molar-refractivity contribution in [1.29, 1.82) is 0 Å². The normalized spacial score (nSPS) is 16.5. The van der Waals surface area contributed by atoms with Gasteiger partial charge in [-0.05, 0) is 55.3 Å². The van der Waals surface area contributed by atoms with Gasteiger partial charge in [-0.1, -0.05) is 0 Å². The van der Waals surface area contributed by atoms with Gasteiger partial charge in [0.15, 0.2) is 11.5 Å². The molecule has 2 N–H and O–H groups in total. The topological polar surface area (TPSA) is 68.8 Å². The summed E-state index contributed by atoms with van der Waals surface area (Å²) >= 11 is 0. The Morgan fingerprint density at radius 1 is 1.18 bits per heavy atom. The zero-order chi connectivity index (χ0) is 19.3. The number of carbonyl (C=O) groups is 1. The fourth-order valence-electron chi connectivity index (χ4n) is 3.37. The number of hydrogen-bond acceptors (Lipinski definition) is 5. The Bertz CT molecular complexity index is 890. The van der Waals surface area contributed by atoms with Crippen molar-refractivity contribution in [3.63, 3.8) is 0 Å². The van der Waals surface area contributed by atoms with Gasteiger partial charge in [0.2, 0.25) is 5.91 Å². The molecule has 0 unspecified atom stereocenters. The molecule has 28 heavy (non-hydrogen) atoms. The minimum atomic E-state index is -0.188. The molecule has 2 aromatic rings. The van der Waals surface area contributed by atoms with E-state index in [1.165, 1.54) is 0 Å². The molecule has 0 bridgehead atoms. The second kappa shape index (κ2) is 8.25. The van der Waals surface area contributed by atoms with Crippen molar-refractivity contribution in [3.05, 3.63) is 53.6 Å². The average molecular weight is 380 g/mol. The first-order valence-corrected chi connectivity index (χ1v) is 9.65. The molecule has 2 heterocycles. The number of amides is 1. The second-order valence-corrected chi connectivity index (χ2v) is 6.69. The average Bonchev–Trinajstić information content (AvgIpc) is 2.93. The maximum atomic E-state index is 12.5. The van der Waals surface area contributed by atoms with Gasteiger partial charge < -0.3 is 24.8 Å². The molecule has 0 fully saturated rings. The fraction of sp³-hybridized carbons (Fsp3) is 0.318. The van der Waals surface area contributed by atoms with Crippen LogP contribution in [0.4, 0.5) is 5.69 Å². The highest BCUT2D eigenvalue weighted by Gasteiger charge is 2.20. The zero-order valence-electron chi connectivity index (χ0n) is 15.9. The van der Waals surface area contributed by atoms with Crippen LogP contribution in [0, 0.1) is 0 Å². The summed E-state index contributed by atoms with van der Waals surface area (Å²) in [6.45, 7) is 4.62. The van der Waals surface area contributed by atoms with E-state index in [2.05, 4.69) is 10.6 Å². The molecule has 0 saturated carbocycles. The highest BCUT2D eigenvalue weighted by Crippen LogP contribution is 2.36. The third-order valence-electron chi connectivity index (χ3n) is 4.68. The molecule has 146 valence electrons. The van der Waals surface area contributed by atoms with Crippen LogP contribution in [0.15, 0.2) is 42.5 Å². The molecule has 0 saturated heterocycles. The number of anilines is 1. The molecule has 6 heteroatoms. The predicted molar refractivity (Wildman–Crippen MR) is 108 cm³/mol. The maximum Gasteiger partial charge on any atom is 0.250 e.